The molecule has 2 aromatic heterocycles. The predicted molar refractivity (Wildman–Crippen MR) is 106 cm³/mol. The van der Waals surface area contributed by atoms with E-state index in [2.05, 4.69) is 29.5 Å². The van der Waals surface area contributed by atoms with Gasteiger partial charge in [-0.05, 0) is 38.3 Å². The van der Waals surface area contributed by atoms with Crippen LogP contribution >= 0.6 is 11.3 Å². The van der Waals surface area contributed by atoms with E-state index in [1.807, 2.05) is 36.5 Å². The average Bonchev–Trinajstić information content (AvgIpc) is 3.33. The second-order valence-corrected chi connectivity index (χ2v) is 7.85. The SMILES string of the molecule is CCc1cnc(C(C)Nc2cc(C(=O)NC3CC3)c3ccccc3n2)s1. The van der Waals surface area contributed by atoms with Crippen molar-refractivity contribution in [3.8, 4) is 0 Å². The molecule has 1 amide bonds. The van der Waals surface area contributed by atoms with E-state index < -0.39 is 0 Å². The van der Waals surface area contributed by atoms with E-state index in [1.54, 1.807) is 11.3 Å². The Morgan fingerprint density at radius 3 is 2.88 bits per heavy atom. The van der Waals surface area contributed by atoms with E-state index in [0.29, 0.717) is 17.4 Å². The zero-order valence-corrected chi connectivity index (χ0v) is 15.8. The van der Waals surface area contributed by atoms with E-state index in [4.69, 9.17) is 4.98 Å². The zero-order valence-electron chi connectivity index (χ0n) is 15.0. The third kappa shape index (κ3) is 3.55. The van der Waals surface area contributed by atoms with Gasteiger partial charge in [0.05, 0.1) is 17.1 Å². The molecule has 0 saturated heterocycles. The van der Waals surface area contributed by atoms with Crippen molar-refractivity contribution in [3.05, 3.63) is 52.0 Å². The lowest BCUT2D eigenvalue weighted by molar-refractivity contribution is 0.0952. The number of benzene rings is 1. The maximum atomic E-state index is 12.7. The van der Waals surface area contributed by atoms with Gasteiger partial charge in [0, 0.05) is 22.5 Å². The molecule has 4 rings (SSSR count). The molecule has 2 N–H and O–H groups in total. The molecule has 6 heteroatoms. The highest BCUT2D eigenvalue weighted by Gasteiger charge is 2.25. The number of fused-ring (bicyclic) bond motifs is 1. The molecule has 134 valence electrons. The van der Waals surface area contributed by atoms with E-state index in [-0.39, 0.29) is 11.9 Å². The first-order valence-corrected chi connectivity index (χ1v) is 9.87. The van der Waals surface area contributed by atoms with Crippen molar-refractivity contribution < 1.29 is 4.79 Å². The third-order valence-electron chi connectivity index (χ3n) is 4.53. The van der Waals surface area contributed by atoms with E-state index in [1.165, 1.54) is 4.88 Å². The van der Waals surface area contributed by atoms with Crippen molar-refractivity contribution in [1.29, 1.82) is 0 Å². The minimum Gasteiger partial charge on any atom is -0.361 e. The molecule has 0 aliphatic heterocycles. The normalized spacial score (nSPS) is 15.0. The number of carbonyl (C=O) groups is 1. The molecule has 1 aliphatic carbocycles. The number of aromatic nitrogens is 2. The predicted octanol–water partition coefficient (Wildman–Crippen LogP) is 4.32. The van der Waals surface area contributed by atoms with Crippen LogP contribution < -0.4 is 10.6 Å². The molecule has 1 saturated carbocycles. The monoisotopic (exact) mass is 366 g/mol. The summed E-state index contributed by atoms with van der Waals surface area (Å²) in [5.74, 6) is 0.676. The molecule has 1 unspecified atom stereocenters. The van der Waals surface area contributed by atoms with Crippen LogP contribution in [0.5, 0.6) is 0 Å². The van der Waals surface area contributed by atoms with Gasteiger partial charge < -0.3 is 10.6 Å². The smallest absolute Gasteiger partial charge is 0.252 e. The number of anilines is 1. The summed E-state index contributed by atoms with van der Waals surface area (Å²) in [6, 6.07) is 9.99. The summed E-state index contributed by atoms with van der Waals surface area (Å²) in [5, 5.41) is 8.40. The van der Waals surface area contributed by atoms with Gasteiger partial charge in [0.1, 0.15) is 10.8 Å². The average molecular weight is 366 g/mol. The second-order valence-electron chi connectivity index (χ2n) is 6.70. The highest BCUT2D eigenvalue weighted by atomic mass is 32.1. The zero-order chi connectivity index (χ0) is 18.1. The first kappa shape index (κ1) is 17.0. The van der Waals surface area contributed by atoms with Crippen LogP contribution in [0.1, 0.15) is 53.0 Å². The Bertz CT molecular complexity index is 948. The topological polar surface area (TPSA) is 66.9 Å². The summed E-state index contributed by atoms with van der Waals surface area (Å²) in [7, 11) is 0. The van der Waals surface area contributed by atoms with Crippen LogP contribution in [0.15, 0.2) is 36.5 Å². The first-order chi connectivity index (χ1) is 12.6. The standard InChI is InChI=1S/C20H22N4OS/c1-3-14-11-21-20(26-14)12(2)22-18-10-16(19(25)23-13-8-9-13)15-6-4-5-7-17(15)24-18/h4-7,10-13H,3,8-9H2,1-2H3,(H,22,24)(H,23,25). The van der Waals surface area contributed by atoms with Crippen molar-refractivity contribution in [2.45, 2.75) is 45.2 Å². The lowest BCUT2D eigenvalue weighted by Crippen LogP contribution is -2.25. The molecule has 1 aromatic carbocycles. The fourth-order valence-electron chi connectivity index (χ4n) is 2.90. The molecule has 1 aliphatic rings. The van der Waals surface area contributed by atoms with E-state index >= 15 is 0 Å². The van der Waals surface area contributed by atoms with Gasteiger partial charge in [-0.1, -0.05) is 25.1 Å². The Kier molecular flexibility index (Phi) is 4.59. The number of para-hydroxylation sites is 1. The minimum atomic E-state index is -0.0238. The van der Waals surface area contributed by atoms with Gasteiger partial charge in [-0.2, -0.15) is 0 Å². The van der Waals surface area contributed by atoms with Gasteiger partial charge in [0.25, 0.3) is 5.91 Å². The number of nitrogens with zero attached hydrogens (tertiary/aromatic N) is 2. The number of thiazole rings is 1. The third-order valence-corrected chi connectivity index (χ3v) is 5.85. The minimum absolute atomic E-state index is 0.0238. The molecule has 0 bridgehead atoms. The molecule has 1 fully saturated rings. The highest BCUT2D eigenvalue weighted by Crippen LogP contribution is 2.27. The fourth-order valence-corrected chi connectivity index (χ4v) is 3.76. The molecule has 26 heavy (non-hydrogen) atoms. The highest BCUT2D eigenvalue weighted by molar-refractivity contribution is 7.11. The van der Waals surface area contributed by atoms with Crippen LogP contribution in [0, 0.1) is 0 Å². The van der Waals surface area contributed by atoms with Crippen LogP contribution in [0.3, 0.4) is 0 Å². The van der Waals surface area contributed by atoms with E-state index in [9.17, 15) is 4.79 Å². The summed E-state index contributed by atoms with van der Waals surface area (Å²) >= 11 is 1.71. The van der Waals surface area contributed by atoms with Crippen molar-refractivity contribution >= 4 is 34.0 Å². The van der Waals surface area contributed by atoms with Gasteiger partial charge in [-0.3, -0.25) is 4.79 Å². The lowest BCUT2D eigenvalue weighted by atomic mass is 10.1. The van der Waals surface area contributed by atoms with Gasteiger partial charge in [0.2, 0.25) is 0 Å². The Hall–Kier alpha value is -2.47. The molecule has 2 heterocycles. The van der Waals surface area contributed by atoms with Crippen molar-refractivity contribution in [2.75, 3.05) is 5.32 Å². The summed E-state index contributed by atoms with van der Waals surface area (Å²) in [4.78, 5) is 23.1. The van der Waals surface area contributed by atoms with Crippen molar-refractivity contribution in [3.63, 3.8) is 0 Å². The maximum absolute atomic E-state index is 12.7. The summed E-state index contributed by atoms with van der Waals surface area (Å²) in [6.45, 7) is 4.20. The fraction of sp³-hybridized carbons (Fsp3) is 0.350. The molecule has 0 spiro atoms. The van der Waals surface area contributed by atoms with E-state index in [0.717, 1.165) is 35.2 Å². The lowest BCUT2D eigenvalue weighted by Gasteiger charge is -2.15. The summed E-state index contributed by atoms with van der Waals surface area (Å²) in [5.41, 5.74) is 1.49. The van der Waals surface area contributed by atoms with Crippen LogP contribution in [-0.4, -0.2) is 21.9 Å². The summed E-state index contributed by atoms with van der Waals surface area (Å²) < 4.78 is 0. The molecule has 1 atom stereocenters. The molecular formula is C20H22N4OS. The number of carbonyl (C=O) groups excluding carboxylic acids is 1. The van der Waals surface area contributed by atoms with Crippen LogP contribution in [0.2, 0.25) is 0 Å². The first-order valence-electron chi connectivity index (χ1n) is 9.06. The number of rotatable bonds is 6. The van der Waals surface area contributed by atoms with Gasteiger partial charge in [0.15, 0.2) is 0 Å². The van der Waals surface area contributed by atoms with Gasteiger partial charge in [-0.15, -0.1) is 11.3 Å². The molecule has 5 nitrogen and oxygen atoms in total. The Labute approximate surface area is 156 Å². The van der Waals surface area contributed by atoms with Crippen molar-refractivity contribution in [2.24, 2.45) is 0 Å². The van der Waals surface area contributed by atoms with Crippen molar-refractivity contribution in [1.82, 2.24) is 15.3 Å². The maximum Gasteiger partial charge on any atom is 0.252 e. The molecular weight excluding hydrogens is 344 g/mol. The van der Waals surface area contributed by atoms with Crippen LogP contribution in [0.4, 0.5) is 5.82 Å². The molecule has 0 radical (unpaired) electrons. The van der Waals surface area contributed by atoms with Crippen LogP contribution in [0.25, 0.3) is 10.9 Å². The van der Waals surface area contributed by atoms with Crippen LogP contribution in [-0.2, 0) is 6.42 Å². The number of pyridine rings is 1. The number of hydrogen-bond donors (Lipinski definition) is 2. The largest absolute Gasteiger partial charge is 0.361 e. The number of hydrogen-bond acceptors (Lipinski definition) is 5. The second kappa shape index (κ2) is 7.03. The quantitative estimate of drug-likeness (QED) is 0.682. The number of nitrogens with one attached hydrogen (secondary N) is 2. The Morgan fingerprint density at radius 2 is 2.15 bits per heavy atom. The summed E-state index contributed by atoms with van der Waals surface area (Å²) in [6.07, 6.45) is 5.06. The van der Waals surface area contributed by atoms with Gasteiger partial charge >= 0.3 is 0 Å². The number of amides is 1. The number of aryl methyl sites for hydroxylation is 1. The molecule has 3 aromatic rings. The Morgan fingerprint density at radius 1 is 1.35 bits per heavy atom. The Balaban J connectivity index is 1.64. The van der Waals surface area contributed by atoms with Gasteiger partial charge in [-0.25, -0.2) is 9.97 Å².